The summed E-state index contributed by atoms with van der Waals surface area (Å²) in [6.45, 7) is 3.32. The van der Waals surface area contributed by atoms with Gasteiger partial charge in [0.25, 0.3) is 0 Å². The highest BCUT2D eigenvalue weighted by Gasteiger charge is 2.26. The molecule has 5 nitrogen and oxygen atoms in total. The largest absolute Gasteiger partial charge is 0.344 e. The lowest BCUT2D eigenvalue weighted by atomic mass is 9.88. The second-order valence-corrected chi connectivity index (χ2v) is 6.91. The van der Waals surface area contributed by atoms with E-state index in [9.17, 15) is 9.59 Å². The molecule has 0 radical (unpaired) electrons. The first kappa shape index (κ1) is 19.4. The zero-order valence-corrected chi connectivity index (χ0v) is 15.2. The van der Waals surface area contributed by atoms with E-state index in [0.29, 0.717) is 19.6 Å². The van der Waals surface area contributed by atoms with Gasteiger partial charge in [-0.3, -0.25) is 9.59 Å². The van der Waals surface area contributed by atoms with Crippen molar-refractivity contribution in [2.24, 2.45) is 11.7 Å². The van der Waals surface area contributed by atoms with Crippen LogP contribution in [0.25, 0.3) is 0 Å². The molecular formula is C20H31N3O2. The summed E-state index contributed by atoms with van der Waals surface area (Å²) < 4.78 is 0. The number of rotatable bonds is 8. The summed E-state index contributed by atoms with van der Waals surface area (Å²) in [6.07, 6.45) is 6.09. The van der Waals surface area contributed by atoms with Gasteiger partial charge >= 0.3 is 0 Å². The summed E-state index contributed by atoms with van der Waals surface area (Å²) in [5, 5.41) is 2.92. The Kier molecular flexibility index (Phi) is 7.92. The van der Waals surface area contributed by atoms with Crippen LogP contribution in [-0.4, -0.2) is 42.4 Å². The van der Waals surface area contributed by atoms with Crippen molar-refractivity contribution in [3.8, 4) is 0 Å². The Labute approximate surface area is 151 Å². The maximum absolute atomic E-state index is 12.7. The van der Waals surface area contributed by atoms with Crippen molar-refractivity contribution < 1.29 is 9.59 Å². The average molecular weight is 345 g/mol. The third kappa shape index (κ3) is 6.16. The average Bonchev–Trinajstić information content (AvgIpc) is 2.66. The Balaban J connectivity index is 1.87. The molecule has 1 aliphatic carbocycles. The Morgan fingerprint density at radius 1 is 1.16 bits per heavy atom. The van der Waals surface area contributed by atoms with Crippen LogP contribution in [0.4, 0.5) is 0 Å². The van der Waals surface area contributed by atoms with Gasteiger partial charge in [0.2, 0.25) is 11.8 Å². The van der Waals surface area contributed by atoms with Crippen LogP contribution in [-0.2, 0) is 16.0 Å². The van der Waals surface area contributed by atoms with Crippen LogP contribution in [0.15, 0.2) is 30.3 Å². The second-order valence-electron chi connectivity index (χ2n) is 6.91. The van der Waals surface area contributed by atoms with Gasteiger partial charge in [-0.05, 0) is 31.7 Å². The molecule has 0 unspecified atom stereocenters. The lowest BCUT2D eigenvalue weighted by Gasteiger charge is -2.28. The fourth-order valence-electron chi connectivity index (χ4n) is 3.43. The molecule has 25 heavy (non-hydrogen) atoms. The minimum Gasteiger partial charge on any atom is -0.344 e. The van der Waals surface area contributed by atoms with Crippen molar-refractivity contribution in [3.05, 3.63) is 35.9 Å². The molecule has 0 aromatic heterocycles. The lowest BCUT2D eigenvalue weighted by molar-refractivity contribution is -0.137. The molecule has 1 saturated carbocycles. The normalized spacial score (nSPS) is 16.2. The van der Waals surface area contributed by atoms with Gasteiger partial charge in [-0.1, -0.05) is 49.6 Å². The van der Waals surface area contributed by atoms with Crippen molar-refractivity contribution >= 4 is 11.8 Å². The van der Waals surface area contributed by atoms with Crippen molar-refractivity contribution in [1.29, 1.82) is 0 Å². The Bertz CT molecular complexity index is 541. The molecule has 1 fully saturated rings. The van der Waals surface area contributed by atoms with Crippen LogP contribution in [0.5, 0.6) is 0 Å². The minimum atomic E-state index is -0.503. The number of carbonyl (C=O) groups excluding carboxylic acids is 2. The Morgan fingerprint density at radius 2 is 1.84 bits per heavy atom. The molecule has 0 bridgehead atoms. The molecule has 0 aliphatic heterocycles. The Morgan fingerprint density at radius 3 is 2.48 bits per heavy atom. The van der Waals surface area contributed by atoms with E-state index in [-0.39, 0.29) is 17.7 Å². The molecule has 3 N–H and O–H groups in total. The van der Waals surface area contributed by atoms with Crippen LogP contribution in [0.2, 0.25) is 0 Å². The zero-order chi connectivity index (χ0) is 18.1. The summed E-state index contributed by atoms with van der Waals surface area (Å²) in [6, 6.07) is 9.58. The van der Waals surface area contributed by atoms with Crippen LogP contribution in [0.1, 0.15) is 44.6 Å². The molecule has 0 saturated heterocycles. The van der Waals surface area contributed by atoms with Gasteiger partial charge in [-0.2, -0.15) is 0 Å². The van der Waals surface area contributed by atoms with Gasteiger partial charge in [0, 0.05) is 25.6 Å². The first-order chi connectivity index (χ1) is 12.1. The van der Waals surface area contributed by atoms with E-state index in [4.69, 9.17) is 5.73 Å². The minimum absolute atomic E-state index is 0.0244. The summed E-state index contributed by atoms with van der Waals surface area (Å²) in [5.74, 6) is 0.0399. The molecule has 5 heteroatoms. The molecule has 138 valence electrons. The fraction of sp³-hybridized carbons (Fsp3) is 0.600. The smallest absolute Gasteiger partial charge is 0.244 e. The van der Waals surface area contributed by atoms with Gasteiger partial charge in [0.05, 0.1) is 0 Å². The van der Waals surface area contributed by atoms with E-state index < -0.39 is 6.04 Å². The molecule has 1 atom stereocenters. The number of nitrogens with two attached hydrogens (primary N) is 1. The number of hydrogen-bond acceptors (Lipinski definition) is 3. The number of hydrogen-bond donors (Lipinski definition) is 2. The Hall–Kier alpha value is -1.88. The van der Waals surface area contributed by atoms with E-state index in [0.717, 1.165) is 32.1 Å². The fourth-order valence-corrected chi connectivity index (χ4v) is 3.43. The van der Waals surface area contributed by atoms with Crippen molar-refractivity contribution in [2.75, 3.05) is 19.6 Å². The summed E-state index contributed by atoms with van der Waals surface area (Å²) >= 11 is 0. The molecular weight excluding hydrogens is 314 g/mol. The standard InChI is InChI=1S/C20H31N3O2/c1-16(22-19(24)18-10-6-3-7-11-18)20(25)23(15-13-21)14-12-17-8-4-2-5-9-17/h2,4-5,8-9,16,18H,3,6-7,10-15,21H2,1H3,(H,22,24)/t16-/m0/s1. The summed E-state index contributed by atoms with van der Waals surface area (Å²) in [5.41, 5.74) is 6.86. The van der Waals surface area contributed by atoms with Gasteiger partial charge in [-0.25, -0.2) is 0 Å². The van der Waals surface area contributed by atoms with E-state index in [1.54, 1.807) is 11.8 Å². The van der Waals surface area contributed by atoms with E-state index in [1.807, 2.05) is 18.2 Å². The predicted octanol–water partition coefficient (Wildman–Crippen LogP) is 2.10. The van der Waals surface area contributed by atoms with Gasteiger partial charge in [0.15, 0.2) is 0 Å². The molecule has 0 spiro atoms. The molecule has 1 aromatic carbocycles. The van der Waals surface area contributed by atoms with Crippen LogP contribution < -0.4 is 11.1 Å². The van der Waals surface area contributed by atoms with Gasteiger partial charge in [0.1, 0.15) is 6.04 Å². The highest BCUT2D eigenvalue weighted by atomic mass is 16.2. The maximum Gasteiger partial charge on any atom is 0.244 e. The van der Waals surface area contributed by atoms with E-state index in [2.05, 4.69) is 17.4 Å². The highest BCUT2D eigenvalue weighted by molar-refractivity contribution is 5.88. The highest BCUT2D eigenvalue weighted by Crippen LogP contribution is 2.23. The first-order valence-corrected chi connectivity index (χ1v) is 9.45. The molecule has 1 aliphatic rings. The van der Waals surface area contributed by atoms with Gasteiger partial charge < -0.3 is 16.0 Å². The monoisotopic (exact) mass is 345 g/mol. The number of nitrogens with one attached hydrogen (secondary N) is 1. The molecule has 2 amide bonds. The predicted molar refractivity (Wildman–Crippen MR) is 100.0 cm³/mol. The topological polar surface area (TPSA) is 75.4 Å². The van der Waals surface area contributed by atoms with Crippen molar-refractivity contribution in [3.63, 3.8) is 0 Å². The summed E-state index contributed by atoms with van der Waals surface area (Å²) in [4.78, 5) is 26.9. The van der Waals surface area contributed by atoms with E-state index in [1.165, 1.54) is 12.0 Å². The zero-order valence-electron chi connectivity index (χ0n) is 15.2. The number of benzene rings is 1. The number of carbonyl (C=O) groups is 2. The van der Waals surface area contributed by atoms with Crippen LogP contribution >= 0.6 is 0 Å². The second kappa shape index (κ2) is 10.2. The van der Waals surface area contributed by atoms with Crippen LogP contribution in [0.3, 0.4) is 0 Å². The SMILES string of the molecule is C[C@H](NC(=O)C1CCCCC1)C(=O)N(CCN)CCc1ccccc1. The third-order valence-electron chi connectivity index (χ3n) is 4.93. The van der Waals surface area contributed by atoms with Crippen molar-refractivity contribution in [2.45, 2.75) is 51.5 Å². The van der Waals surface area contributed by atoms with E-state index >= 15 is 0 Å². The number of amides is 2. The van der Waals surface area contributed by atoms with Crippen molar-refractivity contribution in [1.82, 2.24) is 10.2 Å². The molecule has 2 rings (SSSR count). The van der Waals surface area contributed by atoms with Crippen LogP contribution in [0, 0.1) is 5.92 Å². The molecule has 0 heterocycles. The quantitative estimate of drug-likeness (QED) is 0.758. The first-order valence-electron chi connectivity index (χ1n) is 9.45. The maximum atomic E-state index is 12.7. The summed E-state index contributed by atoms with van der Waals surface area (Å²) in [7, 11) is 0. The molecule has 1 aromatic rings. The van der Waals surface area contributed by atoms with Gasteiger partial charge in [-0.15, -0.1) is 0 Å². The lowest BCUT2D eigenvalue weighted by Crippen LogP contribution is -2.50. The number of nitrogens with zero attached hydrogens (tertiary/aromatic N) is 1. The third-order valence-corrected chi connectivity index (χ3v) is 4.93.